The van der Waals surface area contributed by atoms with E-state index in [1.165, 1.54) is 13.2 Å². The van der Waals surface area contributed by atoms with E-state index in [1.807, 2.05) is 37.3 Å². The molecule has 10 heteroatoms. The highest BCUT2D eigenvalue weighted by Crippen LogP contribution is 2.42. The van der Waals surface area contributed by atoms with E-state index >= 15 is 8.78 Å². The fourth-order valence-corrected chi connectivity index (χ4v) is 7.13. The molecule has 0 saturated carbocycles. The van der Waals surface area contributed by atoms with Crippen LogP contribution in [-0.2, 0) is 17.8 Å². The second-order valence-electron chi connectivity index (χ2n) is 12.3. The molecule has 2 saturated heterocycles. The minimum atomic E-state index is -0.919. The highest BCUT2D eigenvalue weighted by atomic mass is 19.1. The number of fused-ring (bicyclic) bond motifs is 3. The molecule has 0 radical (unpaired) electrons. The molecule has 2 atom stereocenters. The zero-order valence-corrected chi connectivity index (χ0v) is 26.4. The lowest BCUT2D eigenvalue weighted by Crippen LogP contribution is -2.43. The van der Waals surface area contributed by atoms with Crippen molar-refractivity contribution in [2.45, 2.75) is 50.9 Å². The Morgan fingerprint density at radius 1 is 0.957 bits per heavy atom. The molecule has 5 aromatic rings. The van der Waals surface area contributed by atoms with Gasteiger partial charge in [0.15, 0.2) is 12.6 Å². The molecular formula is C37H36F3N3O4. The molecule has 1 aromatic heterocycles. The highest BCUT2D eigenvalue weighted by Gasteiger charge is 2.49. The van der Waals surface area contributed by atoms with E-state index in [0.29, 0.717) is 52.4 Å². The molecular weight excluding hydrogens is 607 g/mol. The smallest absolute Gasteiger partial charge is 0.320 e. The monoisotopic (exact) mass is 643 g/mol. The van der Waals surface area contributed by atoms with Gasteiger partial charge in [0.1, 0.15) is 36.5 Å². The van der Waals surface area contributed by atoms with Crippen molar-refractivity contribution in [3.8, 4) is 28.8 Å². The Labute approximate surface area is 271 Å². The molecule has 0 aliphatic carbocycles. The predicted octanol–water partition coefficient (Wildman–Crippen LogP) is 7.81. The van der Waals surface area contributed by atoms with Crippen molar-refractivity contribution < 1.29 is 32.1 Å². The second kappa shape index (κ2) is 13.0. The number of rotatable bonds is 11. The SMILES string of the molecule is CCc1c(F)ccc2cc(OCOC)cc(-c3ccc4c(OCc5ccccc5)nc(OC[C@@]56CCCN5C[C@H](F)C6)nc4c3F)c12. The molecule has 2 aliphatic heterocycles. The molecule has 7 nitrogen and oxygen atoms in total. The van der Waals surface area contributed by atoms with Crippen LogP contribution in [0.3, 0.4) is 0 Å². The van der Waals surface area contributed by atoms with Crippen LogP contribution >= 0.6 is 0 Å². The van der Waals surface area contributed by atoms with Crippen LogP contribution in [0, 0.1) is 11.6 Å². The fraction of sp³-hybridized carbons (Fsp3) is 0.351. The molecule has 0 N–H and O–H groups in total. The van der Waals surface area contributed by atoms with E-state index in [4.69, 9.17) is 18.9 Å². The number of halogens is 3. The van der Waals surface area contributed by atoms with Gasteiger partial charge in [-0.2, -0.15) is 9.97 Å². The number of methoxy groups -OCH3 is 1. The van der Waals surface area contributed by atoms with Crippen molar-refractivity contribution in [1.82, 2.24) is 14.9 Å². The lowest BCUT2D eigenvalue weighted by molar-refractivity contribution is 0.0512. The van der Waals surface area contributed by atoms with Gasteiger partial charge in [-0.05, 0) is 77.5 Å². The number of nitrogens with zero attached hydrogens (tertiary/aromatic N) is 3. The average Bonchev–Trinajstić information content (AvgIpc) is 3.61. The van der Waals surface area contributed by atoms with Gasteiger partial charge in [0, 0.05) is 25.6 Å². The molecule has 2 fully saturated rings. The summed E-state index contributed by atoms with van der Waals surface area (Å²) in [6.45, 7) is 3.42. The molecule has 4 aromatic carbocycles. The highest BCUT2D eigenvalue weighted by molar-refractivity contribution is 6.02. The summed E-state index contributed by atoms with van der Waals surface area (Å²) in [5, 5.41) is 1.65. The van der Waals surface area contributed by atoms with Gasteiger partial charge in [-0.25, -0.2) is 13.2 Å². The molecule has 0 spiro atoms. The molecule has 47 heavy (non-hydrogen) atoms. The maximum atomic E-state index is 16.9. The minimum Gasteiger partial charge on any atom is -0.472 e. The summed E-state index contributed by atoms with van der Waals surface area (Å²) in [6.07, 6.45) is 1.63. The molecule has 2 aliphatic rings. The predicted molar refractivity (Wildman–Crippen MR) is 174 cm³/mol. The Morgan fingerprint density at radius 3 is 2.62 bits per heavy atom. The minimum absolute atomic E-state index is 0.00283. The number of hydrogen-bond acceptors (Lipinski definition) is 7. The third kappa shape index (κ3) is 5.96. The van der Waals surface area contributed by atoms with Gasteiger partial charge in [0.25, 0.3) is 0 Å². The lowest BCUT2D eigenvalue weighted by Gasteiger charge is -2.30. The van der Waals surface area contributed by atoms with Crippen LogP contribution in [0.1, 0.15) is 37.3 Å². The molecule has 0 amide bonds. The van der Waals surface area contributed by atoms with Crippen molar-refractivity contribution >= 4 is 21.7 Å². The van der Waals surface area contributed by atoms with Crippen molar-refractivity contribution in [2.24, 2.45) is 0 Å². The summed E-state index contributed by atoms with van der Waals surface area (Å²) in [6, 6.07) is 19.4. The lowest BCUT2D eigenvalue weighted by atomic mass is 9.92. The van der Waals surface area contributed by atoms with Crippen LogP contribution in [0.15, 0.2) is 66.7 Å². The molecule has 0 unspecified atom stereocenters. The number of benzene rings is 4. The second-order valence-corrected chi connectivity index (χ2v) is 12.3. The van der Waals surface area contributed by atoms with Crippen LogP contribution < -0.4 is 14.2 Å². The topological polar surface area (TPSA) is 65.9 Å². The third-order valence-electron chi connectivity index (χ3n) is 9.33. The van der Waals surface area contributed by atoms with Gasteiger partial charge >= 0.3 is 6.01 Å². The summed E-state index contributed by atoms with van der Waals surface area (Å²) < 4.78 is 69.7. The van der Waals surface area contributed by atoms with E-state index in [2.05, 4.69) is 14.9 Å². The first-order valence-electron chi connectivity index (χ1n) is 16.0. The Hall–Kier alpha value is -4.41. The van der Waals surface area contributed by atoms with Crippen LogP contribution in [0.2, 0.25) is 0 Å². The van der Waals surface area contributed by atoms with Crippen molar-refractivity contribution in [2.75, 3.05) is 33.6 Å². The van der Waals surface area contributed by atoms with E-state index in [0.717, 1.165) is 24.9 Å². The van der Waals surface area contributed by atoms with Crippen LogP contribution in [0.25, 0.3) is 32.8 Å². The first-order valence-corrected chi connectivity index (χ1v) is 16.0. The average molecular weight is 644 g/mol. The largest absolute Gasteiger partial charge is 0.472 e. The fourth-order valence-electron chi connectivity index (χ4n) is 7.13. The normalized spacial score (nSPS) is 19.4. The summed E-state index contributed by atoms with van der Waals surface area (Å²) in [7, 11) is 1.51. The first kappa shape index (κ1) is 31.2. The van der Waals surface area contributed by atoms with Crippen LogP contribution in [-0.4, -0.2) is 60.2 Å². The van der Waals surface area contributed by atoms with E-state index < -0.39 is 17.5 Å². The number of alkyl halides is 1. The number of aryl methyl sites for hydroxylation is 1. The summed E-state index contributed by atoms with van der Waals surface area (Å²) >= 11 is 0. The van der Waals surface area contributed by atoms with Gasteiger partial charge in [-0.15, -0.1) is 0 Å². The number of hydrogen-bond donors (Lipinski definition) is 0. The zero-order valence-electron chi connectivity index (χ0n) is 26.4. The van der Waals surface area contributed by atoms with Gasteiger partial charge < -0.3 is 18.9 Å². The van der Waals surface area contributed by atoms with E-state index in [-0.39, 0.29) is 48.8 Å². The maximum Gasteiger partial charge on any atom is 0.320 e. The molecule has 0 bridgehead atoms. The summed E-state index contributed by atoms with van der Waals surface area (Å²) in [5.74, 6) is -0.395. The zero-order chi connectivity index (χ0) is 32.5. The quantitative estimate of drug-likeness (QED) is 0.136. The Bertz CT molecular complexity index is 1930. The van der Waals surface area contributed by atoms with Gasteiger partial charge in [0.2, 0.25) is 5.88 Å². The Morgan fingerprint density at radius 2 is 1.81 bits per heavy atom. The number of aromatic nitrogens is 2. The number of ether oxygens (including phenoxy) is 4. The Balaban J connectivity index is 1.35. The standard InChI is InChI=1S/C37H36F3N3O4/c1-3-27-31(39)13-10-24-16-26(47-22-44-2)17-30(32(24)27)28-11-12-29-34(33(28)40)41-36(42-35(29)45-20-23-8-5-4-6-9-23)46-21-37-14-7-15-43(37)19-25(38)18-37/h4-6,8-13,16-17,25H,3,7,14-15,18-22H2,1-2H3/t25-,37+/m1/s1. The first-order chi connectivity index (χ1) is 22.9. The van der Waals surface area contributed by atoms with Crippen LogP contribution in [0.4, 0.5) is 13.2 Å². The maximum absolute atomic E-state index is 16.9. The van der Waals surface area contributed by atoms with E-state index in [1.54, 1.807) is 30.3 Å². The summed E-state index contributed by atoms with van der Waals surface area (Å²) in [5.41, 5.74) is 1.60. The molecule has 7 rings (SSSR count). The molecule has 3 heterocycles. The Kier molecular flexibility index (Phi) is 8.63. The molecule has 244 valence electrons. The van der Waals surface area contributed by atoms with Crippen molar-refractivity contribution in [3.05, 3.63) is 89.5 Å². The van der Waals surface area contributed by atoms with Gasteiger partial charge in [0.05, 0.1) is 10.9 Å². The van der Waals surface area contributed by atoms with Gasteiger partial charge in [-0.1, -0.05) is 49.4 Å². The summed E-state index contributed by atoms with van der Waals surface area (Å²) in [4.78, 5) is 11.3. The third-order valence-corrected chi connectivity index (χ3v) is 9.33. The van der Waals surface area contributed by atoms with Crippen molar-refractivity contribution in [1.29, 1.82) is 0 Å². The van der Waals surface area contributed by atoms with Crippen molar-refractivity contribution in [3.63, 3.8) is 0 Å². The van der Waals surface area contributed by atoms with E-state index in [9.17, 15) is 4.39 Å². The van der Waals surface area contributed by atoms with Crippen LogP contribution in [0.5, 0.6) is 17.6 Å². The van der Waals surface area contributed by atoms with Gasteiger partial charge in [-0.3, -0.25) is 4.90 Å².